The molecule has 0 saturated heterocycles. The third-order valence-electron chi connectivity index (χ3n) is 5.14. The van der Waals surface area contributed by atoms with Crippen molar-refractivity contribution in [1.29, 1.82) is 0 Å². The summed E-state index contributed by atoms with van der Waals surface area (Å²) in [5.74, 6) is 2.28. The first kappa shape index (κ1) is 19.3. The molecule has 0 spiro atoms. The quantitative estimate of drug-likeness (QED) is 0.446. The highest BCUT2D eigenvalue weighted by molar-refractivity contribution is 8.01. The molecule has 30 heavy (non-hydrogen) atoms. The molecule has 152 valence electrons. The number of aryl methyl sites for hydroxylation is 1. The lowest BCUT2D eigenvalue weighted by Gasteiger charge is -2.08. The van der Waals surface area contributed by atoms with E-state index in [9.17, 15) is 4.79 Å². The molecule has 6 nitrogen and oxygen atoms in total. The minimum atomic E-state index is -0.0386. The molecule has 1 N–H and O–H groups in total. The maximum Gasteiger partial charge on any atom is 0.234 e. The number of benzene rings is 2. The Morgan fingerprint density at radius 1 is 1.07 bits per heavy atom. The fourth-order valence-corrected chi connectivity index (χ4v) is 5.51. The molecule has 1 amide bonds. The number of hydrogen-bond donors (Lipinski definition) is 1. The maximum atomic E-state index is 12.4. The lowest BCUT2D eigenvalue weighted by atomic mass is 10.2. The predicted molar refractivity (Wildman–Crippen MR) is 122 cm³/mol. The summed E-state index contributed by atoms with van der Waals surface area (Å²) >= 11 is 3.08. The van der Waals surface area contributed by atoms with Gasteiger partial charge in [-0.1, -0.05) is 30.3 Å². The number of para-hydroxylation sites is 1. The molecule has 5 rings (SSSR count). The number of hydrogen-bond acceptors (Lipinski definition) is 6. The van der Waals surface area contributed by atoms with Crippen molar-refractivity contribution in [1.82, 2.24) is 19.7 Å². The van der Waals surface area contributed by atoms with Crippen molar-refractivity contribution in [3.63, 3.8) is 0 Å². The molecule has 1 aliphatic rings. The van der Waals surface area contributed by atoms with Crippen LogP contribution in [0.2, 0.25) is 0 Å². The molecule has 0 unspecified atom stereocenters. The Kier molecular flexibility index (Phi) is 5.50. The van der Waals surface area contributed by atoms with Crippen LogP contribution in [0.1, 0.15) is 25.1 Å². The minimum absolute atomic E-state index is 0.0386. The first-order valence-corrected chi connectivity index (χ1v) is 11.9. The Hall–Kier alpha value is -2.71. The van der Waals surface area contributed by atoms with Gasteiger partial charge in [-0.15, -0.1) is 21.5 Å². The summed E-state index contributed by atoms with van der Waals surface area (Å²) in [4.78, 5) is 16.9. The number of carbonyl (C=O) groups is 1. The van der Waals surface area contributed by atoms with Crippen molar-refractivity contribution in [2.24, 2.45) is 0 Å². The van der Waals surface area contributed by atoms with E-state index in [1.54, 1.807) is 11.3 Å². The summed E-state index contributed by atoms with van der Waals surface area (Å²) in [5.41, 5.74) is 2.79. The van der Waals surface area contributed by atoms with Gasteiger partial charge in [-0.05, 0) is 49.2 Å². The number of amides is 1. The monoisotopic (exact) mass is 435 g/mol. The number of nitrogens with zero attached hydrogens (tertiary/aromatic N) is 4. The number of anilines is 1. The molecular formula is C22H21N5OS2. The van der Waals surface area contributed by atoms with Crippen LogP contribution < -0.4 is 5.32 Å². The number of aromatic nitrogens is 4. The van der Waals surface area contributed by atoms with Gasteiger partial charge in [0.15, 0.2) is 10.2 Å². The number of carbonyl (C=O) groups excluding carboxylic acids is 1. The van der Waals surface area contributed by atoms with E-state index in [0.29, 0.717) is 5.75 Å². The topological polar surface area (TPSA) is 72.7 Å². The van der Waals surface area contributed by atoms with Gasteiger partial charge in [-0.25, -0.2) is 4.98 Å². The van der Waals surface area contributed by atoms with Crippen molar-refractivity contribution in [3.05, 3.63) is 54.4 Å². The van der Waals surface area contributed by atoms with Gasteiger partial charge >= 0.3 is 0 Å². The zero-order valence-corrected chi connectivity index (χ0v) is 18.0. The van der Waals surface area contributed by atoms with Crippen LogP contribution in [0, 0.1) is 0 Å². The Balaban J connectivity index is 1.21. The lowest BCUT2D eigenvalue weighted by molar-refractivity contribution is -0.113. The second-order valence-electron chi connectivity index (χ2n) is 7.26. The van der Waals surface area contributed by atoms with Crippen LogP contribution in [0.3, 0.4) is 0 Å². The van der Waals surface area contributed by atoms with E-state index in [2.05, 4.69) is 25.1 Å². The van der Waals surface area contributed by atoms with Crippen molar-refractivity contribution >= 4 is 44.9 Å². The van der Waals surface area contributed by atoms with E-state index in [-0.39, 0.29) is 5.91 Å². The summed E-state index contributed by atoms with van der Waals surface area (Å²) in [5, 5.41) is 11.7. The highest BCUT2D eigenvalue weighted by Gasteiger charge is 2.16. The van der Waals surface area contributed by atoms with Gasteiger partial charge in [0, 0.05) is 24.2 Å². The Bertz CT molecular complexity index is 1150. The maximum absolute atomic E-state index is 12.4. The number of rotatable bonds is 5. The second-order valence-corrected chi connectivity index (χ2v) is 9.52. The van der Waals surface area contributed by atoms with Crippen molar-refractivity contribution in [2.75, 3.05) is 11.1 Å². The standard InChI is InChI=1S/C22H21N5OS2/c28-20(14-29-22-24-17-6-3-4-7-18(17)30-22)23-16-11-9-15(10-12-16)21-26-25-19-8-2-1-5-13-27(19)21/h3-4,6-7,9-12H,1-2,5,8,13-14H2,(H,23,28). The summed E-state index contributed by atoms with van der Waals surface area (Å²) < 4.78 is 4.28. The molecule has 0 fully saturated rings. The number of fused-ring (bicyclic) bond motifs is 2. The van der Waals surface area contributed by atoms with Gasteiger partial charge in [0.25, 0.3) is 0 Å². The van der Waals surface area contributed by atoms with Crippen LogP contribution in [0.15, 0.2) is 52.9 Å². The Labute approximate surface area is 182 Å². The normalized spacial score (nSPS) is 13.7. The van der Waals surface area contributed by atoms with Crippen LogP contribution >= 0.6 is 23.1 Å². The van der Waals surface area contributed by atoms with Crippen LogP contribution in [0.5, 0.6) is 0 Å². The molecule has 4 aromatic rings. The second kappa shape index (κ2) is 8.57. The molecule has 0 radical (unpaired) electrons. The van der Waals surface area contributed by atoms with Crippen molar-refractivity contribution < 1.29 is 4.79 Å². The van der Waals surface area contributed by atoms with E-state index in [0.717, 1.165) is 50.4 Å². The van der Waals surface area contributed by atoms with Gasteiger partial charge in [0.05, 0.1) is 16.0 Å². The summed E-state index contributed by atoms with van der Waals surface area (Å²) in [6, 6.07) is 15.9. The van der Waals surface area contributed by atoms with Gasteiger partial charge < -0.3 is 9.88 Å². The van der Waals surface area contributed by atoms with Crippen molar-refractivity contribution in [3.8, 4) is 11.4 Å². The van der Waals surface area contributed by atoms with Gasteiger partial charge in [0.1, 0.15) is 5.82 Å². The number of thiazole rings is 1. The molecule has 1 aliphatic heterocycles. The first-order chi connectivity index (χ1) is 14.8. The SMILES string of the molecule is O=C(CSc1nc2ccccc2s1)Nc1ccc(-c2nnc3n2CCCCC3)cc1. The molecule has 8 heteroatoms. The molecule has 0 saturated carbocycles. The molecule has 0 atom stereocenters. The molecule has 0 bridgehead atoms. The number of nitrogens with one attached hydrogen (secondary N) is 1. The average molecular weight is 436 g/mol. The summed E-state index contributed by atoms with van der Waals surface area (Å²) in [6.45, 7) is 0.971. The smallest absolute Gasteiger partial charge is 0.234 e. The van der Waals surface area contributed by atoms with E-state index in [1.807, 2.05) is 48.5 Å². The van der Waals surface area contributed by atoms with Gasteiger partial charge in [-0.2, -0.15) is 0 Å². The van der Waals surface area contributed by atoms with Crippen LogP contribution in [-0.2, 0) is 17.8 Å². The molecular weight excluding hydrogens is 414 g/mol. The average Bonchev–Trinajstić information content (AvgIpc) is 3.29. The number of thioether (sulfide) groups is 1. The molecule has 2 aromatic carbocycles. The minimum Gasteiger partial charge on any atom is -0.325 e. The van der Waals surface area contributed by atoms with Crippen LogP contribution in [-0.4, -0.2) is 31.4 Å². The van der Waals surface area contributed by atoms with E-state index in [4.69, 9.17) is 0 Å². The van der Waals surface area contributed by atoms with Crippen LogP contribution in [0.4, 0.5) is 5.69 Å². The van der Waals surface area contributed by atoms with E-state index in [1.165, 1.54) is 31.0 Å². The molecule has 3 heterocycles. The first-order valence-electron chi connectivity index (χ1n) is 10.1. The largest absolute Gasteiger partial charge is 0.325 e. The summed E-state index contributed by atoms with van der Waals surface area (Å²) in [6.07, 6.45) is 4.58. The predicted octanol–water partition coefficient (Wildman–Crippen LogP) is 5.01. The summed E-state index contributed by atoms with van der Waals surface area (Å²) in [7, 11) is 0. The lowest BCUT2D eigenvalue weighted by Crippen LogP contribution is -2.13. The van der Waals surface area contributed by atoms with E-state index >= 15 is 0 Å². The van der Waals surface area contributed by atoms with Gasteiger partial charge in [-0.3, -0.25) is 4.79 Å². The van der Waals surface area contributed by atoms with Gasteiger partial charge in [0.2, 0.25) is 5.91 Å². The molecule has 0 aliphatic carbocycles. The Morgan fingerprint density at radius 3 is 2.80 bits per heavy atom. The highest BCUT2D eigenvalue weighted by Crippen LogP contribution is 2.29. The third-order valence-corrected chi connectivity index (χ3v) is 7.32. The highest BCUT2D eigenvalue weighted by atomic mass is 32.2. The Morgan fingerprint density at radius 2 is 1.93 bits per heavy atom. The van der Waals surface area contributed by atoms with Crippen molar-refractivity contribution in [2.45, 2.75) is 36.6 Å². The zero-order chi connectivity index (χ0) is 20.3. The molecule has 2 aromatic heterocycles. The fraction of sp³-hybridized carbons (Fsp3) is 0.273. The zero-order valence-electron chi connectivity index (χ0n) is 16.4. The van der Waals surface area contributed by atoms with E-state index < -0.39 is 0 Å². The van der Waals surface area contributed by atoms with Crippen LogP contribution in [0.25, 0.3) is 21.6 Å². The third kappa shape index (κ3) is 4.11. The fourth-order valence-electron chi connectivity index (χ4n) is 3.64.